The fraction of sp³-hybridized carbons (Fsp3) is 0.333. The topological polar surface area (TPSA) is 50.1 Å². The molecular weight excluding hydrogens is 270 g/mol. The summed E-state index contributed by atoms with van der Waals surface area (Å²) in [4.78, 5) is 11.0. The van der Waals surface area contributed by atoms with E-state index in [1.165, 1.54) is 7.11 Å². The number of benzene rings is 1. The molecule has 0 aliphatic carbocycles. The summed E-state index contributed by atoms with van der Waals surface area (Å²) in [6.07, 6.45) is 1.28. The van der Waals surface area contributed by atoms with Crippen molar-refractivity contribution in [2.45, 2.75) is 19.3 Å². The van der Waals surface area contributed by atoms with Gasteiger partial charge in [0.1, 0.15) is 0 Å². The van der Waals surface area contributed by atoms with E-state index in [4.69, 9.17) is 5.26 Å². The second kappa shape index (κ2) is 6.29. The second-order valence-electron chi connectivity index (χ2n) is 3.29. The zero-order chi connectivity index (χ0) is 12.0. The van der Waals surface area contributed by atoms with Crippen LogP contribution in [-0.4, -0.2) is 13.1 Å². The van der Waals surface area contributed by atoms with E-state index in [-0.39, 0.29) is 5.97 Å². The van der Waals surface area contributed by atoms with Gasteiger partial charge in [-0.25, -0.2) is 0 Å². The predicted octanol–water partition coefficient (Wildman–Crippen LogP) is 2.62. The van der Waals surface area contributed by atoms with Crippen molar-refractivity contribution in [3.63, 3.8) is 0 Å². The lowest BCUT2D eigenvalue weighted by molar-refractivity contribution is -0.140. The third-order valence-electron chi connectivity index (χ3n) is 2.30. The van der Waals surface area contributed by atoms with Crippen LogP contribution in [0.4, 0.5) is 0 Å². The van der Waals surface area contributed by atoms with E-state index in [1.807, 2.05) is 18.2 Å². The number of carbonyl (C=O) groups excluding carboxylic acids is 1. The van der Waals surface area contributed by atoms with E-state index >= 15 is 0 Å². The standard InChI is InChI=1S/C12H12BrNO2/c1-16-12(15)6-5-9-3-2-4-11(13)10(9)7-8-14/h2-4H,5-7H2,1H3. The van der Waals surface area contributed by atoms with E-state index in [0.717, 1.165) is 15.6 Å². The molecule has 4 heteroatoms. The summed E-state index contributed by atoms with van der Waals surface area (Å²) in [5.41, 5.74) is 1.97. The van der Waals surface area contributed by atoms with Gasteiger partial charge in [0.2, 0.25) is 0 Å². The predicted molar refractivity (Wildman–Crippen MR) is 63.8 cm³/mol. The minimum Gasteiger partial charge on any atom is -0.469 e. The van der Waals surface area contributed by atoms with E-state index in [2.05, 4.69) is 26.7 Å². The number of methoxy groups -OCH3 is 1. The van der Waals surface area contributed by atoms with Gasteiger partial charge in [0.25, 0.3) is 0 Å². The molecule has 1 aromatic rings. The first-order chi connectivity index (χ1) is 7.69. The zero-order valence-electron chi connectivity index (χ0n) is 9.00. The maximum atomic E-state index is 11.0. The Morgan fingerprint density at radius 3 is 2.94 bits per heavy atom. The number of ether oxygens (including phenoxy) is 1. The molecule has 1 aromatic carbocycles. The summed E-state index contributed by atoms with van der Waals surface area (Å²) in [6, 6.07) is 7.85. The number of esters is 1. The molecular formula is C12H12BrNO2. The molecule has 0 heterocycles. The van der Waals surface area contributed by atoms with Crippen LogP contribution < -0.4 is 0 Å². The number of nitrogens with zero attached hydrogens (tertiary/aromatic N) is 1. The fourth-order valence-corrected chi connectivity index (χ4v) is 2.00. The van der Waals surface area contributed by atoms with Gasteiger partial charge in [-0.15, -0.1) is 0 Å². The van der Waals surface area contributed by atoms with Crippen molar-refractivity contribution < 1.29 is 9.53 Å². The molecule has 1 rings (SSSR count). The normalized spacial score (nSPS) is 9.56. The van der Waals surface area contributed by atoms with Crippen LogP contribution >= 0.6 is 15.9 Å². The van der Waals surface area contributed by atoms with Crippen molar-refractivity contribution in [3.8, 4) is 6.07 Å². The molecule has 0 aliphatic rings. The first-order valence-electron chi connectivity index (χ1n) is 4.89. The maximum absolute atomic E-state index is 11.0. The number of hydrogen-bond acceptors (Lipinski definition) is 3. The zero-order valence-corrected chi connectivity index (χ0v) is 10.6. The van der Waals surface area contributed by atoms with Crippen LogP contribution in [0.1, 0.15) is 17.5 Å². The van der Waals surface area contributed by atoms with Crippen LogP contribution in [0.15, 0.2) is 22.7 Å². The molecule has 16 heavy (non-hydrogen) atoms. The second-order valence-corrected chi connectivity index (χ2v) is 4.14. The molecule has 0 fully saturated rings. The highest BCUT2D eigenvalue weighted by Crippen LogP contribution is 2.22. The Labute approximate surface area is 103 Å². The van der Waals surface area contributed by atoms with E-state index < -0.39 is 0 Å². The lowest BCUT2D eigenvalue weighted by Crippen LogP contribution is -2.04. The maximum Gasteiger partial charge on any atom is 0.305 e. The first-order valence-corrected chi connectivity index (χ1v) is 5.68. The highest BCUT2D eigenvalue weighted by molar-refractivity contribution is 9.10. The van der Waals surface area contributed by atoms with E-state index in [1.54, 1.807) is 0 Å². The van der Waals surface area contributed by atoms with Gasteiger partial charge in [0.05, 0.1) is 19.6 Å². The number of aryl methyl sites for hydroxylation is 1. The Morgan fingerprint density at radius 2 is 2.31 bits per heavy atom. The third-order valence-corrected chi connectivity index (χ3v) is 3.04. The summed E-state index contributed by atoms with van der Waals surface area (Å²) >= 11 is 3.40. The molecule has 0 aromatic heterocycles. The van der Waals surface area contributed by atoms with E-state index in [9.17, 15) is 4.79 Å². The number of nitriles is 1. The van der Waals surface area contributed by atoms with Crippen LogP contribution in [0.5, 0.6) is 0 Å². The van der Waals surface area contributed by atoms with Gasteiger partial charge in [0.15, 0.2) is 0 Å². The van der Waals surface area contributed by atoms with Crippen LogP contribution in [0.3, 0.4) is 0 Å². The first kappa shape index (κ1) is 12.7. The van der Waals surface area contributed by atoms with Crippen molar-refractivity contribution >= 4 is 21.9 Å². The summed E-state index contributed by atoms with van der Waals surface area (Å²) in [7, 11) is 1.37. The largest absolute Gasteiger partial charge is 0.469 e. The molecule has 3 nitrogen and oxygen atoms in total. The highest BCUT2D eigenvalue weighted by Gasteiger charge is 2.08. The molecule has 0 amide bonds. The van der Waals surface area contributed by atoms with Crippen molar-refractivity contribution in [1.82, 2.24) is 0 Å². The molecule has 0 aliphatic heterocycles. The van der Waals surface area contributed by atoms with Gasteiger partial charge in [-0.2, -0.15) is 5.26 Å². The van der Waals surface area contributed by atoms with Crippen molar-refractivity contribution in [3.05, 3.63) is 33.8 Å². The van der Waals surface area contributed by atoms with Gasteiger partial charge >= 0.3 is 5.97 Å². The highest BCUT2D eigenvalue weighted by atomic mass is 79.9. The fourth-order valence-electron chi connectivity index (χ4n) is 1.45. The average Bonchev–Trinajstić information content (AvgIpc) is 2.29. The quantitative estimate of drug-likeness (QED) is 0.798. The Bertz CT molecular complexity index is 424. The summed E-state index contributed by atoms with van der Waals surface area (Å²) in [5.74, 6) is -0.233. The van der Waals surface area contributed by atoms with E-state index in [0.29, 0.717) is 19.3 Å². The average molecular weight is 282 g/mol. The van der Waals surface area contributed by atoms with Gasteiger partial charge in [-0.1, -0.05) is 28.1 Å². The minimum absolute atomic E-state index is 0.233. The van der Waals surface area contributed by atoms with Gasteiger partial charge in [0, 0.05) is 10.9 Å². The molecule has 0 atom stereocenters. The molecule has 0 bridgehead atoms. The number of hydrogen-bond donors (Lipinski definition) is 0. The molecule has 0 spiro atoms. The number of carbonyl (C=O) groups is 1. The minimum atomic E-state index is -0.233. The molecule has 0 saturated heterocycles. The van der Waals surface area contributed by atoms with Gasteiger partial charge in [-0.3, -0.25) is 4.79 Å². The molecule has 0 radical (unpaired) electrons. The molecule has 84 valence electrons. The van der Waals surface area contributed by atoms with Crippen LogP contribution in [-0.2, 0) is 22.4 Å². The smallest absolute Gasteiger partial charge is 0.305 e. The van der Waals surface area contributed by atoms with Gasteiger partial charge < -0.3 is 4.74 Å². The van der Waals surface area contributed by atoms with Crippen molar-refractivity contribution in [1.29, 1.82) is 5.26 Å². The summed E-state index contributed by atoms with van der Waals surface area (Å²) in [5, 5.41) is 8.73. The summed E-state index contributed by atoms with van der Waals surface area (Å²) < 4.78 is 5.50. The van der Waals surface area contributed by atoms with Gasteiger partial charge in [-0.05, 0) is 23.6 Å². The van der Waals surface area contributed by atoms with Crippen LogP contribution in [0, 0.1) is 11.3 Å². The molecule has 0 N–H and O–H groups in total. The SMILES string of the molecule is COC(=O)CCc1cccc(Br)c1CC#N. The Balaban J connectivity index is 2.83. The Kier molecular flexibility index (Phi) is 5.00. The number of halogens is 1. The Hall–Kier alpha value is -1.34. The number of rotatable bonds is 4. The van der Waals surface area contributed by atoms with Crippen molar-refractivity contribution in [2.75, 3.05) is 7.11 Å². The molecule has 0 saturated carbocycles. The van der Waals surface area contributed by atoms with Crippen LogP contribution in [0.25, 0.3) is 0 Å². The molecule has 0 unspecified atom stereocenters. The Morgan fingerprint density at radius 1 is 1.56 bits per heavy atom. The van der Waals surface area contributed by atoms with Crippen molar-refractivity contribution in [2.24, 2.45) is 0 Å². The lowest BCUT2D eigenvalue weighted by atomic mass is 10.0. The van der Waals surface area contributed by atoms with Crippen LogP contribution in [0.2, 0.25) is 0 Å². The summed E-state index contributed by atoms with van der Waals surface area (Å²) in [6.45, 7) is 0. The monoisotopic (exact) mass is 281 g/mol. The third kappa shape index (κ3) is 3.35. The lowest BCUT2D eigenvalue weighted by Gasteiger charge is -2.08.